The van der Waals surface area contributed by atoms with Gasteiger partial charge in [0.25, 0.3) is 5.91 Å². The molecule has 0 aliphatic rings. The first-order chi connectivity index (χ1) is 14.8. The topological polar surface area (TPSA) is 133 Å². The molecule has 3 N–H and O–H groups in total. The molecule has 2 aromatic carbocycles. The third-order valence-corrected chi connectivity index (χ3v) is 5.18. The third kappa shape index (κ3) is 4.41. The zero-order chi connectivity index (χ0) is 22.6. The number of pyridine rings is 1. The zero-order valence-corrected chi connectivity index (χ0v) is 17.0. The smallest absolute Gasteiger partial charge is 0.311 e. The third-order valence-electron chi connectivity index (χ3n) is 5.18. The Balaban J connectivity index is 1.95. The number of hydrogen-bond acceptors (Lipinski definition) is 6. The first-order valence-corrected chi connectivity index (χ1v) is 9.60. The van der Waals surface area contributed by atoms with Crippen molar-refractivity contribution in [3.63, 3.8) is 0 Å². The molecule has 3 rings (SSSR count). The summed E-state index contributed by atoms with van der Waals surface area (Å²) in [6.07, 6.45) is 0.299. The van der Waals surface area contributed by atoms with Crippen molar-refractivity contribution in [2.24, 2.45) is 5.41 Å². The molecule has 31 heavy (non-hydrogen) atoms. The molecule has 8 nitrogen and oxygen atoms in total. The Morgan fingerprint density at radius 2 is 1.87 bits per heavy atom. The maximum atomic E-state index is 12.6. The molecular formula is C23H21N3O5. The molecule has 1 unspecified atom stereocenters. The lowest BCUT2D eigenvalue weighted by atomic mass is 9.87. The van der Waals surface area contributed by atoms with Crippen molar-refractivity contribution < 1.29 is 24.5 Å². The van der Waals surface area contributed by atoms with Crippen molar-refractivity contribution in [2.45, 2.75) is 20.3 Å². The number of benzene rings is 2. The highest BCUT2D eigenvalue weighted by molar-refractivity contribution is 6.03. The summed E-state index contributed by atoms with van der Waals surface area (Å²) >= 11 is 0. The maximum Gasteiger partial charge on any atom is 0.311 e. The van der Waals surface area contributed by atoms with E-state index in [-0.39, 0.29) is 23.3 Å². The number of amides is 1. The molecule has 0 saturated carbocycles. The van der Waals surface area contributed by atoms with Gasteiger partial charge in [-0.15, -0.1) is 0 Å². The van der Waals surface area contributed by atoms with Gasteiger partial charge in [-0.2, -0.15) is 5.26 Å². The fraction of sp³-hybridized carbons (Fsp3) is 0.217. The van der Waals surface area contributed by atoms with Gasteiger partial charge in [-0.1, -0.05) is 25.1 Å². The van der Waals surface area contributed by atoms with Gasteiger partial charge in [0.15, 0.2) is 11.4 Å². The van der Waals surface area contributed by atoms with E-state index >= 15 is 0 Å². The zero-order valence-electron chi connectivity index (χ0n) is 17.0. The summed E-state index contributed by atoms with van der Waals surface area (Å²) in [5.74, 6) is -1.16. The second kappa shape index (κ2) is 8.71. The van der Waals surface area contributed by atoms with Crippen LogP contribution in [0.5, 0.6) is 17.2 Å². The second-order valence-electron chi connectivity index (χ2n) is 7.29. The first-order valence-electron chi connectivity index (χ1n) is 9.60. The monoisotopic (exact) mass is 419 g/mol. The maximum absolute atomic E-state index is 12.6. The summed E-state index contributed by atoms with van der Waals surface area (Å²) in [4.78, 5) is 28.1. The van der Waals surface area contributed by atoms with Gasteiger partial charge in [0, 0.05) is 17.3 Å². The number of aromatic nitrogens is 1. The fourth-order valence-electron chi connectivity index (χ4n) is 2.92. The van der Waals surface area contributed by atoms with Gasteiger partial charge in [-0.3, -0.25) is 9.59 Å². The highest BCUT2D eigenvalue weighted by Gasteiger charge is 2.32. The van der Waals surface area contributed by atoms with Crippen LogP contribution in [0.25, 0.3) is 10.8 Å². The van der Waals surface area contributed by atoms with E-state index in [0.29, 0.717) is 23.3 Å². The number of ether oxygens (including phenoxy) is 1. The molecule has 1 heterocycles. The number of nitrogens with zero attached hydrogens (tertiary/aromatic N) is 2. The number of rotatable bonds is 7. The van der Waals surface area contributed by atoms with Crippen LogP contribution in [0.3, 0.4) is 0 Å². The molecule has 0 radical (unpaired) electrons. The number of aliphatic carboxylic acids is 1. The van der Waals surface area contributed by atoms with Crippen molar-refractivity contribution in [3.8, 4) is 23.3 Å². The standard InChI is InChI=1S/C23H21N3O5/c1-3-23(2,22(29)30)13-25-21(28)19-20(27)16-10-9-15(11-17(16)18(12-24)26-19)31-14-7-5-4-6-8-14/h4-11,27H,3,13H2,1-2H3,(H,25,28)(H,29,30). The number of carboxylic acid groups (broad SMARTS) is 1. The predicted octanol–water partition coefficient (Wildman–Crippen LogP) is 3.84. The molecule has 158 valence electrons. The molecule has 0 aliphatic heterocycles. The van der Waals surface area contributed by atoms with E-state index in [2.05, 4.69) is 10.3 Å². The minimum atomic E-state index is -1.16. The van der Waals surface area contributed by atoms with Crippen LogP contribution >= 0.6 is 0 Å². The number of carbonyl (C=O) groups excluding carboxylic acids is 1. The molecule has 3 aromatic rings. The lowest BCUT2D eigenvalue weighted by molar-refractivity contribution is -0.147. The van der Waals surface area contributed by atoms with Crippen molar-refractivity contribution in [3.05, 3.63) is 59.9 Å². The Hall–Kier alpha value is -4.12. The quantitative estimate of drug-likeness (QED) is 0.530. The number of aromatic hydroxyl groups is 1. The van der Waals surface area contributed by atoms with Gasteiger partial charge in [-0.05, 0) is 43.7 Å². The second-order valence-corrected chi connectivity index (χ2v) is 7.29. The number of carboxylic acids is 1. The molecular weight excluding hydrogens is 398 g/mol. The molecule has 8 heteroatoms. The molecule has 1 aromatic heterocycles. The minimum absolute atomic E-state index is 0.0621. The van der Waals surface area contributed by atoms with E-state index in [0.717, 1.165) is 0 Å². The average Bonchev–Trinajstić information content (AvgIpc) is 2.78. The van der Waals surface area contributed by atoms with Crippen LogP contribution in [0.1, 0.15) is 36.5 Å². The fourth-order valence-corrected chi connectivity index (χ4v) is 2.92. The van der Waals surface area contributed by atoms with Crippen LogP contribution < -0.4 is 10.1 Å². The summed E-state index contributed by atoms with van der Waals surface area (Å²) < 4.78 is 5.76. The predicted molar refractivity (Wildman–Crippen MR) is 113 cm³/mol. The van der Waals surface area contributed by atoms with Crippen molar-refractivity contribution in [2.75, 3.05) is 6.54 Å². The number of fused-ring (bicyclic) bond motifs is 1. The molecule has 0 saturated heterocycles. The molecule has 1 atom stereocenters. The Labute approximate surface area is 178 Å². The summed E-state index contributed by atoms with van der Waals surface area (Å²) in [5, 5.41) is 32.6. The Morgan fingerprint density at radius 1 is 1.16 bits per heavy atom. The highest BCUT2D eigenvalue weighted by atomic mass is 16.5. The lowest BCUT2D eigenvalue weighted by Gasteiger charge is -2.23. The van der Waals surface area contributed by atoms with E-state index < -0.39 is 23.0 Å². The van der Waals surface area contributed by atoms with Gasteiger partial charge in [0.1, 0.15) is 23.3 Å². The van der Waals surface area contributed by atoms with E-state index in [1.54, 1.807) is 31.2 Å². The van der Waals surface area contributed by atoms with Crippen LogP contribution in [-0.4, -0.2) is 33.6 Å². The number of nitriles is 1. The van der Waals surface area contributed by atoms with Gasteiger partial charge >= 0.3 is 5.97 Å². The first kappa shape index (κ1) is 21.6. The number of hydrogen-bond donors (Lipinski definition) is 3. The van der Waals surface area contributed by atoms with Crippen molar-refractivity contribution in [1.29, 1.82) is 5.26 Å². The number of carbonyl (C=O) groups is 2. The van der Waals surface area contributed by atoms with E-state index in [9.17, 15) is 25.1 Å². The molecule has 1 amide bonds. The highest BCUT2D eigenvalue weighted by Crippen LogP contribution is 2.33. The summed E-state index contributed by atoms with van der Waals surface area (Å²) in [5.41, 5.74) is -1.57. The van der Waals surface area contributed by atoms with Crippen LogP contribution in [0, 0.1) is 16.7 Å². The van der Waals surface area contributed by atoms with Crippen LogP contribution in [0.4, 0.5) is 0 Å². The van der Waals surface area contributed by atoms with Crippen molar-refractivity contribution in [1.82, 2.24) is 10.3 Å². The number of nitrogens with one attached hydrogen (secondary N) is 1. The van der Waals surface area contributed by atoms with E-state index in [4.69, 9.17) is 4.74 Å². The Morgan fingerprint density at radius 3 is 2.48 bits per heavy atom. The van der Waals surface area contributed by atoms with Crippen LogP contribution in [0.2, 0.25) is 0 Å². The van der Waals surface area contributed by atoms with E-state index in [1.165, 1.54) is 13.0 Å². The summed E-state index contributed by atoms with van der Waals surface area (Å²) in [6, 6.07) is 15.7. The molecule has 0 bridgehead atoms. The van der Waals surface area contributed by atoms with Gasteiger partial charge in [0.05, 0.1) is 5.41 Å². The van der Waals surface area contributed by atoms with E-state index in [1.807, 2.05) is 24.3 Å². The normalized spacial score (nSPS) is 12.5. The largest absolute Gasteiger partial charge is 0.505 e. The van der Waals surface area contributed by atoms with Gasteiger partial charge in [-0.25, -0.2) is 4.98 Å². The SMILES string of the molecule is CCC(C)(CNC(=O)c1nc(C#N)c2cc(Oc3ccccc3)ccc2c1O)C(=O)O. The van der Waals surface area contributed by atoms with Crippen molar-refractivity contribution >= 4 is 22.6 Å². The van der Waals surface area contributed by atoms with Gasteiger partial charge in [0.2, 0.25) is 0 Å². The molecule has 0 aliphatic carbocycles. The Bertz CT molecular complexity index is 1190. The van der Waals surface area contributed by atoms with Gasteiger partial charge < -0.3 is 20.3 Å². The summed E-state index contributed by atoms with van der Waals surface area (Å²) in [7, 11) is 0. The van der Waals surface area contributed by atoms with Crippen LogP contribution in [0.15, 0.2) is 48.5 Å². The summed E-state index contributed by atoms with van der Waals surface area (Å²) in [6.45, 7) is 3.07. The average molecular weight is 419 g/mol. The molecule has 0 fully saturated rings. The lowest BCUT2D eigenvalue weighted by Crippen LogP contribution is -2.40. The van der Waals surface area contributed by atoms with Crippen LogP contribution in [-0.2, 0) is 4.79 Å². The molecule has 0 spiro atoms. The minimum Gasteiger partial charge on any atom is -0.505 e. The number of para-hydroxylation sites is 1. The Kier molecular flexibility index (Phi) is 6.07.